The predicted molar refractivity (Wildman–Crippen MR) is 124 cm³/mol. The molecule has 1 unspecified atom stereocenters. The number of carbonyl (C=O) groups is 1. The average molecular weight is 433 g/mol. The largest absolute Gasteiger partial charge is 0.497 e. The molecule has 1 fully saturated rings. The maximum Gasteiger partial charge on any atom is 0.238 e. The number of aryl methyl sites for hydroxylation is 1. The molecule has 32 heavy (non-hydrogen) atoms. The molecular weight excluding hydrogens is 404 g/mol. The molecular formula is C24H28N6O2. The van der Waals surface area contributed by atoms with E-state index in [0.29, 0.717) is 12.5 Å². The first kappa shape index (κ1) is 21.7. The number of carbonyl (C=O) groups excluding carboxylic acids is 1. The minimum atomic E-state index is -0.0218. The molecule has 1 aliphatic rings. The van der Waals surface area contributed by atoms with Crippen LogP contribution in [0.5, 0.6) is 5.75 Å². The van der Waals surface area contributed by atoms with Crippen molar-refractivity contribution in [2.75, 3.05) is 37.4 Å². The maximum absolute atomic E-state index is 12.5. The summed E-state index contributed by atoms with van der Waals surface area (Å²) < 4.78 is 5.16. The van der Waals surface area contributed by atoms with Gasteiger partial charge in [0.25, 0.3) is 0 Å². The van der Waals surface area contributed by atoms with Gasteiger partial charge in [0, 0.05) is 30.5 Å². The Morgan fingerprint density at radius 1 is 1.16 bits per heavy atom. The van der Waals surface area contributed by atoms with Crippen molar-refractivity contribution in [2.45, 2.75) is 25.7 Å². The van der Waals surface area contributed by atoms with Crippen molar-refractivity contribution in [1.82, 2.24) is 19.9 Å². The van der Waals surface area contributed by atoms with Crippen LogP contribution in [-0.2, 0) is 4.79 Å². The molecule has 8 heteroatoms. The Morgan fingerprint density at radius 3 is 2.78 bits per heavy atom. The fourth-order valence-electron chi connectivity index (χ4n) is 3.90. The number of piperidine rings is 1. The number of hydrogen-bond acceptors (Lipinski definition) is 7. The van der Waals surface area contributed by atoms with Crippen LogP contribution in [0, 0.1) is 6.92 Å². The number of ether oxygens (including phenoxy) is 1. The number of aromatic nitrogens is 3. The fraction of sp³-hybridized carbons (Fsp3) is 0.333. The number of benzene rings is 1. The van der Waals surface area contributed by atoms with Crippen LogP contribution in [0.4, 0.5) is 17.5 Å². The Balaban J connectivity index is 1.36. The van der Waals surface area contributed by atoms with Crippen LogP contribution in [0.2, 0.25) is 0 Å². The summed E-state index contributed by atoms with van der Waals surface area (Å²) in [5, 5.41) is 6.17. The summed E-state index contributed by atoms with van der Waals surface area (Å²) in [6, 6.07) is 13.2. The monoisotopic (exact) mass is 432 g/mol. The Morgan fingerprint density at radius 2 is 2.00 bits per heavy atom. The van der Waals surface area contributed by atoms with Gasteiger partial charge in [-0.05, 0) is 68.3 Å². The van der Waals surface area contributed by atoms with E-state index in [2.05, 4.69) is 25.5 Å². The number of rotatable bonds is 7. The standard InChI is InChI=1S/C24H28N6O2/c1-17-5-3-12-25-23(17)29-24-26-13-11-21(28-24)18-6-4-14-30(15-18)16-22(31)27-19-7-9-20(32-2)10-8-19/h3,5,7-13,18H,4,6,14-16H2,1-2H3,(H,27,31)(H,25,26,28,29). The highest BCUT2D eigenvalue weighted by Gasteiger charge is 2.24. The van der Waals surface area contributed by atoms with Gasteiger partial charge in [-0.1, -0.05) is 6.07 Å². The van der Waals surface area contributed by atoms with Crippen molar-refractivity contribution in [3.63, 3.8) is 0 Å². The van der Waals surface area contributed by atoms with E-state index in [-0.39, 0.29) is 11.8 Å². The Labute approximate surface area is 188 Å². The number of methoxy groups -OCH3 is 1. The molecule has 2 aromatic heterocycles. The minimum absolute atomic E-state index is 0.0218. The van der Waals surface area contributed by atoms with Crippen molar-refractivity contribution in [1.29, 1.82) is 0 Å². The third-order valence-electron chi connectivity index (χ3n) is 5.58. The first-order valence-electron chi connectivity index (χ1n) is 10.8. The summed E-state index contributed by atoms with van der Waals surface area (Å²) in [6.45, 7) is 4.03. The lowest BCUT2D eigenvalue weighted by Gasteiger charge is -2.32. The fourth-order valence-corrected chi connectivity index (χ4v) is 3.90. The van der Waals surface area contributed by atoms with Gasteiger partial charge >= 0.3 is 0 Å². The number of hydrogen-bond donors (Lipinski definition) is 2. The number of amides is 1. The Hall–Kier alpha value is -3.52. The van der Waals surface area contributed by atoms with Crippen LogP contribution in [0.15, 0.2) is 54.9 Å². The summed E-state index contributed by atoms with van der Waals surface area (Å²) in [6.07, 6.45) is 5.58. The average Bonchev–Trinajstić information content (AvgIpc) is 2.81. The third kappa shape index (κ3) is 5.59. The summed E-state index contributed by atoms with van der Waals surface area (Å²) in [5.41, 5.74) is 2.78. The highest BCUT2D eigenvalue weighted by molar-refractivity contribution is 5.92. The molecule has 0 spiro atoms. The van der Waals surface area contributed by atoms with Gasteiger partial charge in [-0.25, -0.2) is 15.0 Å². The molecule has 0 aliphatic carbocycles. The minimum Gasteiger partial charge on any atom is -0.497 e. The summed E-state index contributed by atoms with van der Waals surface area (Å²) in [7, 11) is 1.62. The molecule has 1 saturated heterocycles. The van der Waals surface area contributed by atoms with Crippen LogP contribution < -0.4 is 15.4 Å². The third-order valence-corrected chi connectivity index (χ3v) is 5.58. The van der Waals surface area contributed by atoms with Gasteiger partial charge in [-0.15, -0.1) is 0 Å². The van der Waals surface area contributed by atoms with Gasteiger partial charge < -0.3 is 15.4 Å². The molecule has 1 aliphatic heterocycles. The molecule has 3 heterocycles. The highest BCUT2D eigenvalue weighted by atomic mass is 16.5. The quantitative estimate of drug-likeness (QED) is 0.587. The molecule has 1 atom stereocenters. The van der Waals surface area contributed by atoms with Crippen molar-refractivity contribution in [3.05, 3.63) is 66.1 Å². The van der Waals surface area contributed by atoms with Gasteiger partial charge in [0.2, 0.25) is 11.9 Å². The zero-order valence-electron chi connectivity index (χ0n) is 18.4. The SMILES string of the molecule is COc1ccc(NC(=O)CN2CCCC(c3ccnc(Nc4ncccc4C)n3)C2)cc1. The van der Waals surface area contributed by atoms with E-state index in [4.69, 9.17) is 9.72 Å². The summed E-state index contributed by atoms with van der Waals surface area (Å²) in [5.74, 6) is 2.29. The molecule has 0 radical (unpaired) electrons. The number of nitrogens with zero attached hydrogens (tertiary/aromatic N) is 4. The smallest absolute Gasteiger partial charge is 0.238 e. The molecule has 4 rings (SSSR count). The van der Waals surface area contributed by atoms with Gasteiger partial charge in [-0.2, -0.15) is 0 Å². The maximum atomic E-state index is 12.5. The molecule has 0 saturated carbocycles. The lowest BCUT2D eigenvalue weighted by atomic mass is 9.94. The first-order chi connectivity index (χ1) is 15.6. The van der Waals surface area contributed by atoms with Gasteiger partial charge in [-0.3, -0.25) is 9.69 Å². The van der Waals surface area contributed by atoms with E-state index >= 15 is 0 Å². The summed E-state index contributed by atoms with van der Waals surface area (Å²) >= 11 is 0. The van der Waals surface area contributed by atoms with Crippen molar-refractivity contribution in [3.8, 4) is 5.75 Å². The van der Waals surface area contributed by atoms with Crippen molar-refractivity contribution < 1.29 is 9.53 Å². The first-order valence-corrected chi connectivity index (χ1v) is 10.8. The van der Waals surface area contributed by atoms with Crippen LogP contribution in [-0.4, -0.2) is 52.5 Å². The molecule has 2 N–H and O–H groups in total. The molecule has 1 amide bonds. The second-order valence-corrected chi connectivity index (χ2v) is 7.95. The lowest BCUT2D eigenvalue weighted by molar-refractivity contribution is -0.117. The van der Waals surface area contributed by atoms with E-state index in [1.54, 1.807) is 19.5 Å². The van der Waals surface area contributed by atoms with Crippen molar-refractivity contribution in [2.24, 2.45) is 0 Å². The number of likely N-dealkylation sites (tertiary alicyclic amines) is 1. The second kappa shape index (κ2) is 10.2. The number of nitrogens with one attached hydrogen (secondary N) is 2. The lowest BCUT2D eigenvalue weighted by Crippen LogP contribution is -2.40. The number of pyridine rings is 1. The van der Waals surface area contributed by atoms with Crippen LogP contribution in [0.3, 0.4) is 0 Å². The van der Waals surface area contributed by atoms with E-state index in [9.17, 15) is 4.79 Å². The second-order valence-electron chi connectivity index (χ2n) is 7.95. The van der Waals surface area contributed by atoms with Crippen LogP contribution in [0.25, 0.3) is 0 Å². The zero-order valence-corrected chi connectivity index (χ0v) is 18.4. The Kier molecular flexibility index (Phi) is 6.91. The molecule has 0 bridgehead atoms. The number of anilines is 3. The zero-order chi connectivity index (χ0) is 22.3. The van der Waals surface area contributed by atoms with Gasteiger partial charge in [0.05, 0.1) is 19.3 Å². The normalized spacial score (nSPS) is 16.4. The van der Waals surface area contributed by atoms with Gasteiger partial charge in [0.15, 0.2) is 0 Å². The van der Waals surface area contributed by atoms with Gasteiger partial charge in [0.1, 0.15) is 11.6 Å². The summed E-state index contributed by atoms with van der Waals surface area (Å²) in [4.78, 5) is 28.2. The van der Waals surface area contributed by atoms with E-state index in [1.165, 1.54) is 0 Å². The van der Waals surface area contributed by atoms with E-state index in [1.807, 2.05) is 49.4 Å². The van der Waals surface area contributed by atoms with E-state index in [0.717, 1.165) is 54.4 Å². The van der Waals surface area contributed by atoms with Crippen molar-refractivity contribution >= 4 is 23.4 Å². The molecule has 1 aromatic carbocycles. The molecule has 166 valence electrons. The van der Waals surface area contributed by atoms with E-state index < -0.39 is 0 Å². The molecule has 3 aromatic rings. The topological polar surface area (TPSA) is 92.3 Å². The molecule has 8 nitrogen and oxygen atoms in total. The predicted octanol–water partition coefficient (Wildman–Crippen LogP) is 3.75. The van der Waals surface area contributed by atoms with Crippen LogP contribution >= 0.6 is 0 Å². The highest BCUT2D eigenvalue weighted by Crippen LogP contribution is 2.26. The Bertz CT molecular complexity index is 1060. The van der Waals surface area contributed by atoms with Crippen LogP contribution in [0.1, 0.15) is 30.0 Å².